The fourth-order valence-electron chi connectivity index (χ4n) is 2.62. The molecule has 9 heteroatoms. The minimum absolute atomic E-state index is 0.0932. The SMILES string of the molecule is CCN1CCN(C(=O)Nc2nnc(C)s2)C[C@H]1c1ncc[nH]1. The highest BCUT2D eigenvalue weighted by atomic mass is 32.1. The standard InChI is InChI=1S/C13H19N7OS/c1-3-19-6-7-20(8-10(19)11-14-4-5-15-11)13(21)16-12-18-17-9(2)22-12/h4-5,10H,3,6-8H2,1-2H3,(H,14,15)(H,16,18,21)/t10-/m0/s1. The third-order valence-corrected chi connectivity index (χ3v) is 4.51. The van der Waals surface area contributed by atoms with Gasteiger partial charge < -0.3 is 9.88 Å². The van der Waals surface area contributed by atoms with Crippen LogP contribution >= 0.6 is 11.3 Å². The van der Waals surface area contributed by atoms with Crippen molar-refractivity contribution in [2.45, 2.75) is 19.9 Å². The Morgan fingerprint density at radius 1 is 1.50 bits per heavy atom. The molecule has 3 rings (SSSR count). The van der Waals surface area contributed by atoms with E-state index in [1.165, 1.54) is 11.3 Å². The van der Waals surface area contributed by atoms with Crippen LogP contribution in [0.4, 0.5) is 9.93 Å². The molecule has 0 spiro atoms. The van der Waals surface area contributed by atoms with Gasteiger partial charge in [0.05, 0.1) is 6.04 Å². The normalized spacial score (nSPS) is 19.4. The first-order valence-corrected chi connectivity index (χ1v) is 8.08. The van der Waals surface area contributed by atoms with Crippen molar-refractivity contribution in [2.75, 3.05) is 31.5 Å². The highest BCUT2D eigenvalue weighted by molar-refractivity contribution is 7.15. The lowest BCUT2D eigenvalue weighted by Crippen LogP contribution is -2.51. The van der Waals surface area contributed by atoms with E-state index in [4.69, 9.17) is 0 Å². The molecule has 2 aromatic heterocycles. The van der Waals surface area contributed by atoms with Crippen LogP contribution < -0.4 is 5.32 Å². The zero-order valence-corrected chi connectivity index (χ0v) is 13.4. The van der Waals surface area contributed by atoms with Crippen LogP contribution in [0.15, 0.2) is 12.4 Å². The van der Waals surface area contributed by atoms with E-state index in [2.05, 4.69) is 37.3 Å². The van der Waals surface area contributed by atoms with Gasteiger partial charge in [0.1, 0.15) is 10.8 Å². The summed E-state index contributed by atoms with van der Waals surface area (Å²) in [5.74, 6) is 0.895. The maximum absolute atomic E-state index is 12.4. The lowest BCUT2D eigenvalue weighted by molar-refractivity contribution is 0.0946. The monoisotopic (exact) mass is 321 g/mol. The predicted molar refractivity (Wildman–Crippen MR) is 83.8 cm³/mol. The van der Waals surface area contributed by atoms with Gasteiger partial charge in [0.15, 0.2) is 0 Å². The molecule has 1 atom stereocenters. The van der Waals surface area contributed by atoms with Crippen molar-refractivity contribution in [1.29, 1.82) is 0 Å². The number of rotatable bonds is 3. The Morgan fingerprint density at radius 3 is 3.00 bits per heavy atom. The van der Waals surface area contributed by atoms with E-state index in [-0.39, 0.29) is 12.1 Å². The van der Waals surface area contributed by atoms with Crippen LogP contribution in [0.1, 0.15) is 23.8 Å². The van der Waals surface area contributed by atoms with Gasteiger partial charge in [0.2, 0.25) is 5.13 Å². The van der Waals surface area contributed by atoms with E-state index >= 15 is 0 Å². The maximum atomic E-state index is 12.4. The number of hydrogen-bond donors (Lipinski definition) is 2. The van der Waals surface area contributed by atoms with Gasteiger partial charge >= 0.3 is 6.03 Å². The largest absolute Gasteiger partial charge is 0.347 e. The average Bonchev–Trinajstić information content (AvgIpc) is 3.18. The Bertz CT molecular complexity index is 626. The third-order valence-electron chi connectivity index (χ3n) is 3.76. The molecule has 0 aliphatic carbocycles. The number of carbonyl (C=O) groups excluding carboxylic acids is 1. The number of anilines is 1. The van der Waals surface area contributed by atoms with Crippen molar-refractivity contribution in [2.24, 2.45) is 0 Å². The van der Waals surface area contributed by atoms with Gasteiger partial charge in [-0.3, -0.25) is 10.2 Å². The summed E-state index contributed by atoms with van der Waals surface area (Å²) < 4.78 is 0. The van der Waals surface area contributed by atoms with E-state index < -0.39 is 0 Å². The Kier molecular flexibility index (Phi) is 4.34. The van der Waals surface area contributed by atoms with Crippen molar-refractivity contribution >= 4 is 22.5 Å². The highest BCUT2D eigenvalue weighted by Gasteiger charge is 2.31. The number of aryl methyl sites for hydroxylation is 1. The molecule has 0 aromatic carbocycles. The first kappa shape index (κ1) is 14.9. The van der Waals surface area contributed by atoms with Crippen LogP contribution in [0, 0.1) is 6.92 Å². The molecule has 2 N–H and O–H groups in total. The summed E-state index contributed by atoms with van der Waals surface area (Å²) in [7, 11) is 0. The Morgan fingerprint density at radius 2 is 2.36 bits per heavy atom. The van der Waals surface area contributed by atoms with Gasteiger partial charge in [-0.05, 0) is 13.5 Å². The van der Waals surface area contributed by atoms with E-state index in [1.54, 1.807) is 11.1 Å². The molecule has 0 bridgehead atoms. The third kappa shape index (κ3) is 3.09. The molecule has 2 aromatic rings. The number of nitrogens with zero attached hydrogens (tertiary/aromatic N) is 5. The molecule has 1 aliphatic rings. The lowest BCUT2D eigenvalue weighted by atomic mass is 10.1. The Hall–Kier alpha value is -2.00. The highest BCUT2D eigenvalue weighted by Crippen LogP contribution is 2.23. The number of aromatic amines is 1. The average molecular weight is 321 g/mol. The zero-order valence-electron chi connectivity index (χ0n) is 12.6. The number of piperazine rings is 1. The summed E-state index contributed by atoms with van der Waals surface area (Å²) in [6.45, 7) is 7.02. The molecule has 118 valence electrons. The van der Waals surface area contributed by atoms with Crippen LogP contribution in [-0.2, 0) is 0 Å². The van der Waals surface area contributed by atoms with Crippen LogP contribution in [-0.4, -0.2) is 62.2 Å². The van der Waals surface area contributed by atoms with Gasteiger partial charge in [-0.1, -0.05) is 18.3 Å². The topological polar surface area (TPSA) is 90.0 Å². The molecule has 22 heavy (non-hydrogen) atoms. The summed E-state index contributed by atoms with van der Waals surface area (Å²) in [6.07, 6.45) is 3.55. The van der Waals surface area contributed by atoms with Crippen LogP contribution in [0.2, 0.25) is 0 Å². The second-order valence-electron chi connectivity index (χ2n) is 5.12. The number of H-pyrrole nitrogens is 1. The Balaban J connectivity index is 1.68. The molecular formula is C13H19N7OS. The number of hydrogen-bond acceptors (Lipinski definition) is 6. The first-order chi connectivity index (χ1) is 10.7. The molecular weight excluding hydrogens is 302 g/mol. The van der Waals surface area contributed by atoms with Crippen LogP contribution in [0.25, 0.3) is 0 Å². The number of aromatic nitrogens is 4. The summed E-state index contributed by atoms with van der Waals surface area (Å²) in [5.41, 5.74) is 0. The number of imidazole rings is 1. The summed E-state index contributed by atoms with van der Waals surface area (Å²) in [4.78, 5) is 24.0. The summed E-state index contributed by atoms with van der Waals surface area (Å²) in [5, 5.41) is 12.0. The quantitative estimate of drug-likeness (QED) is 0.893. The number of carbonyl (C=O) groups is 1. The predicted octanol–water partition coefficient (Wildman–Crippen LogP) is 1.48. The number of likely N-dealkylation sites (N-methyl/N-ethyl adjacent to an activating group) is 1. The van der Waals surface area contributed by atoms with Crippen LogP contribution in [0.5, 0.6) is 0 Å². The van der Waals surface area contributed by atoms with Gasteiger partial charge in [0, 0.05) is 32.0 Å². The first-order valence-electron chi connectivity index (χ1n) is 7.26. The Labute approximate surface area is 132 Å². The van der Waals surface area contributed by atoms with E-state index in [0.29, 0.717) is 18.2 Å². The van der Waals surface area contributed by atoms with Crippen molar-refractivity contribution in [3.8, 4) is 0 Å². The fourth-order valence-corrected chi connectivity index (χ4v) is 3.20. The zero-order chi connectivity index (χ0) is 15.5. The summed E-state index contributed by atoms with van der Waals surface area (Å²) in [6, 6.07) is -0.0425. The fraction of sp³-hybridized carbons (Fsp3) is 0.538. The van der Waals surface area contributed by atoms with Gasteiger partial charge in [-0.15, -0.1) is 10.2 Å². The van der Waals surface area contributed by atoms with Crippen LogP contribution in [0.3, 0.4) is 0 Å². The van der Waals surface area contributed by atoms with Crippen molar-refractivity contribution in [3.05, 3.63) is 23.2 Å². The minimum atomic E-state index is -0.136. The van der Waals surface area contributed by atoms with E-state index in [0.717, 1.165) is 23.9 Å². The number of urea groups is 1. The van der Waals surface area contributed by atoms with Gasteiger partial charge in [-0.2, -0.15) is 0 Å². The minimum Gasteiger partial charge on any atom is -0.347 e. The molecule has 3 heterocycles. The van der Waals surface area contributed by atoms with Crippen molar-refractivity contribution in [3.63, 3.8) is 0 Å². The van der Waals surface area contributed by atoms with Gasteiger partial charge in [0.25, 0.3) is 0 Å². The van der Waals surface area contributed by atoms with Crippen molar-refractivity contribution < 1.29 is 4.79 Å². The van der Waals surface area contributed by atoms with Gasteiger partial charge in [-0.25, -0.2) is 9.78 Å². The molecule has 1 saturated heterocycles. The van der Waals surface area contributed by atoms with Crippen molar-refractivity contribution in [1.82, 2.24) is 30.0 Å². The van der Waals surface area contributed by atoms with E-state index in [9.17, 15) is 4.79 Å². The van der Waals surface area contributed by atoms with E-state index in [1.807, 2.05) is 13.1 Å². The molecule has 0 unspecified atom stereocenters. The molecule has 1 aliphatic heterocycles. The molecule has 0 radical (unpaired) electrons. The lowest BCUT2D eigenvalue weighted by Gasteiger charge is -2.39. The summed E-state index contributed by atoms with van der Waals surface area (Å²) >= 11 is 1.37. The maximum Gasteiger partial charge on any atom is 0.323 e. The molecule has 1 fully saturated rings. The second kappa shape index (κ2) is 6.41. The number of amides is 2. The molecule has 0 saturated carbocycles. The molecule has 8 nitrogen and oxygen atoms in total. The second-order valence-corrected chi connectivity index (χ2v) is 6.30. The smallest absolute Gasteiger partial charge is 0.323 e. The molecule has 2 amide bonds. The number of nitrogens with one attached hydrogen (secondary N) is 2.